The molecule has 1 saturated heterocycles. The predicted octanol–water partition coefficient (Wildman–Crippen LogP) is 3.45. The lowest BCUT2D eigenvalue weighted by Crippen LogP contribution is -2.04. The normalized spacial score (nSPS) is 17.1. The number of ether oxygens (including phenoxy) is 3. The van der Waals surface area contributed by atoms with Crippen LogP contribution < -0.4 is 4.74 Å². The molecule has 1 aliphatic heterocycles. The highest BCUT2D eigenvalue weighted by Gasteiger charge is 2.11. The average Bonchev–Trinajstić information content (AvgIpc) is 3.01. The maximum absolute atomic E-state index is 11.2. The molecule has 1 aromatic rings. The summed E-state index contributed by atoms with van der Waals surface area (Å²) in [6.45, 7) is 5.34. The van der Waals surface area contributed by atoms with Crippen molar-refractivity contribution in [1.82, 2.24) is 0 Å². The molecule has 0 aromatic heterocycles. The Kier molecular flexibility index (Phi) is 7.73. The number of hydrogen-bond donors (Lipinski definition) is 0. The second kappa shape index (κ2) is 9.37. The zero-order valence-corrected chi connectivity index (χ0v) is 12.6. The highest BCUT2D eigenvalue weighted by Crippen LogP contribution is 2.14. The molecular formula is C16H24O4. The van der Waals surface area contributed by atoms with Crippen LogP contribution in [0.25, 0.3) is 0 Å². The Balaban J connectivity index is 0.000000240. The number of benzene rings is 1. The van der Waals surface area contributed by atoms with Gasteiger partial charge in [-0.15, -0.1) is 0 Å². The van der Waals surface area contributed by atoms with E-state index in [9.17, 15) is 4.79 Å². The third-order valence-electron chi connectivity index (χ3n) is 3.06. The molecule has 1 atom stereocenters. The molecule has 0 bridgehead atoms. The number of methoxy groups -OCH3 is 1. The van der Waals surface area contributed by atoms with Crippen LogP contribution in [0.1, 0.15) is 43.5 Å². The Morgan fingerprint density at radius 3 is 2.70 bits per heavy atom. The Labute approximate surface area is 121 Å². The average molecular weight is 280 g/mol. The summed E-state index contributed by atoms with van der Waals surface area (Å²) in [5, 5.41) is 0. The van der Waals surface area contributed by atoms with Crippen LogP contribution in [-0.4, -0.2) is 32.4 Å². The summed E-state index contributed by atoms with van der Waals surface area (Å²) in [6.07, 6.45) is 4.36. The highest BCUT2D eigenvalue weighted by molar-refractivity contribution is 5.89. The fourth-order valence-electron chi connectivity index (χ4n) is 1.93. The van der Waals surface area contributed by atoms with Gasteiger partial charge in [0.05, 0.1) is 25.4 Å². The molecule has 2 rings (SSSR count). The lowest BCUT2D eigenvalue weighted by Gasteiger charge is -2.03. The van der Waals surface area contributed by atoms with Gasteiger partial charge >= 0.3 is 5.97 Å². The smallest absolute Gasteiger partial charge is 0.338 e. The first-order chi connectivity index (χ1) is 9.71. The molecule has 0 aliphatic carbocycles. The van der Waals surface area contributed by atoms with Crippen molar-refractivity contribution in [2.45, 2.75) is 39.2 Å². The second-order valence-electron chi connectivity index (χ2n) is 4.50. The fourth-order valence-corrected chi connectivity index (χ4v) is 1.93. The summed E-state index contributed by atoms with van der Waals surface area (Å²) in [4.78, 5) is 11.2. The van der Waals surface area contributed by atoms with Crippen molar-refractivity contribution in [2.24, 2.45) is 0 Å². The molecule has 1 aliphatic rings. The van der Waals surface area contributed by atoms with Crippen LogP contribution in [0, 0.1) is 0 Å². The molecule has 1 unspecified atom stereocenters. The molecule has 4 heteroatoms. The Morgan fingerprint density at radius 2 is 2.20 bits per heavy atom. The minimum absolute atomic E-state index is 0.318. The molecule has 0 spiro atoms. The molecule has 4 nitrogen and oxygen atoms in total. The summed E-state index contributed by atoms with van der Waals surface area (Å²) in [5.74, 6) is 0.340. The largest absolute Gasteiger partial charge is 0.497 e. The highest BCUT2D eigenvalue weighted by atomic mass is 16.5. The van der Waals surface area contributed by atoms with Crippen molar-refractivity contribution < 1.29 is 19.0 Å². The number of carbonyl (C=O) groups is 1. The van der Waals surface area contributed by atoms with Crippen LogP contribution in [0.15, 0.2) is 24.3 Å². The van der Waals surface area contributed by atoms with Gasteiger partial charge in [-0.1, -0.05) is 13.0 Å². The van der Waals surface area contributed by atoms with Crippen LogP contribution in [-0.2, 0) is 9.47 Å². The summed E-state index contributed by atoms with van der Waals surface area (Å²) < 4.78 is 15.1. The minimum Gasteiger partial charge on any atom is -0.497 e. The van der Waals surface area contributed by atoms with E-state index < -0.39 is 0 Å². The van der Waals surface area contributed by atoms with Gasteiger partial charge in [0.1, 0.15) is 5.75 Å². The van der Waals surface area contributed by atoms with Gasteiger partial charge in [0.25, 0.3) is 0 Å². The fraction of sp³-hybridized carbons (Fsp3) is 0.562. The van der Waals surface area contributed by atoms with E-state index in [1.54, 1.807) is 38.3 Å². The topological polar surface area (TPSA) is 44.8 Å². The Morgan fingerprint density at radius 1 is 1.40 bits per heavy atom. The molecular weight excluding hydrogens is 256 g/mol. The lowest BCUT2D eigenvalue weighted by atomic mass is 10.2. The van der Waals surface area contributed by atoms with Gasteiger partial charge in [0.15, 0.2) is 0 Å². The number of hydrogen-bond acceptors (Lipinski definition) is 4. The van der Waals surface area contributed by atoms with Gasteiger partial charge < -0.3 is 14.2 Å². The standard InChI is InChI=1S/C10H12O3.C6H12O/c1-3-13-10(11)8-5-4-6-9(7-8)12-2;1-2-6-4-3-5-7-6/h4-7H,3H2,1-2H3;6H,2-5H2,1H3. The van der Waals surface area contributed by atoms with Crippen molar-refractivity contribution in [3.8, 4) is 5.75 Å². The molecule has 1 fully saturated rings. The van der Waals surface area contributed by atoms with Crippen LogP contribution >= 0.6 is 0 Å². The molecule has 0 saturated carbocycles. The first-order valence-electron chi connectivity index (χ1n) is 7.14. The van der Waals surface area contributed by atoms with Crippen LogP contribution in [0.2, 0.25) is 0 Å². The molecule has 0 radical (unpaired) electrons. The molecule has 20 heavy (non-hydrogen) atoms. The number of carbonyl (C=O) groups excluding carboxylic acids is 1. The first-order valence-corrected chi connectivity index (χ1v) is 7.14. The van der Waals surface area contributed by atoms with Crippen molar-refractivity contribution in [3.63, 3.8) is 0 Å². The quantitative estimate of drug-likeness (QED) is 0.792. The van der Waals surface area contributed by atoms with E-state index in [0.29, 0.717) is 24.0 Å². The molecule has 1 aromatic carbocycles. The van der Waals surface area contributed by atoms with Gasteiger partial charge in [0, 0.05) is 6.61 Å². The molecule has 112 valence electrons. The summed E-state index contributed by atoms with van der Waals surface area (Å²) in [5.41, 5.74) is 0.515. The van der Waals surface area contributed by atoms with E-state index in [0.717, 1.165) is 6.61 Å². The molecule has 0 N–H and O–H groups in total. The van der Waals surface area contributed by atoms with Crippen LogP contribution in [0.3, 0.4) is 0 Å². The maximum atomic E-state index is 11.2. The number of rotatable bonds is 4. The summed E-state index contributed by atoms with van der Waals surface area (Å²) in [7, 11) is 1.56. The second-order valence-corrected chi connectivity index (χ2v) is 4.50. The van der Waals surface area contributed by atoms with E-state index in [2.05, 4.69) is 6.92 Å². The van der Waals surface area contributed by atoms with E-state index >= 15 is 0 Å². The van der Waals surface area contributed by atoms with E-state index in [4.69, 9.17) is 14.2 Å². The van der Waals surface area contributed by atoms with E-state index in [1.807, 2.05) is 0 Å². The number of esters is 1. The summed E-state index contributed by atoms with van der Waals surface area (Å²) >= 11 is 0. The van der Waals surface area contributed by atoms with Crippen molar-refractivity contribution >= 4 is 5.97 Å². The monoisotopic (exact) mass is 280 g/mol. The zero-order valence-electron chi connectivity index (χ0n) is 12.6. The van der Waals surface area contributed by atoms with Crippen molar-refractivity contribution in [2.75, 3.05) is 20.3 Å². The predicted molar refractivity (Wildman–Crippen MR) is 78.2 cm³/mol. The maximum Gasteiger partial charge on any atom is 0.338 e. The van der Waals surface area contributed by atoms with Crippen molar-refractivity contribution in [3.05, 3.63) is 29.8 Å². The third kappa shape index (κ3) is 5.61. The third-order valence-corrected chi connectivity index (χ3v) is 3.06. The first kappa shape index (κ1) is 16.5. The lowest BCUT2D eigenvalue weighted by molar-refractivity contribution is 0.0526. The van der Waals surface area contributed by atoms with Crippen LogP contribution in [0.4, 0.5) is 0 Å². The SMILES string of the molecule is CCC1CCCO1.CCOC(=O)c1cccc(OC)c1. The molecule has 1 heterocycles. The minimum atomic E-state index is -0.318. The van der Waals surface area contributed by atoms with Gasteiger partial charge in [-0.05, 0) is 44.4 Å². The van der Waals surface area contributed by atoms with Gasteiger partial charge in [-0.3, -0.25) is 0 Å². The zero-order chi connectivity index (χ0) is 14.8. The van der Waals surface area contributed by atoms with Crippen molar-refractivity contribution in [1.29, 1.82) is 0 Å². The van der Waals surface area contributed by atoms with Gasteiger partial charge in [-0.25, -0.2) is 4.79 Å². The van der Waals surface area contributed by atoms with Gasteiger partial charge in [-0.2, -0.15) is 0 Å². The van der Waals surface area contributed by atoms with E-state index in [1.165, 1.54) is 19.3 Å². The van der Waals surface area contributed by atoms with Crippen LogP contribution in [0.5, 0.6) is 5.75 Å². The van der Waals surface area contributed by atoms with E-state index in [-0.39, 0.29) is 5.97 Å². The molecule has 0 amide bonds. The summed E-state index contributed by atoms with van der Waals surface area (Å²) in [6, 6.07) is 6.88. The van der Waals surface area contributed by atoms with Gasteiger partial charge in [0.2, 0.25) is 0 Å². The Bertz CT molecular complexity index is 397. The Hall–Kier alpha value is -1.55.